The van der Waals surface area contributed by atoms with Gasteiger partial charge in [-0.05, 0) is 61.9 Å². The smallest absolute Gasteiger partial charge is 0.174 e. The molecule has 0 amide bonds. The molecule has 4 rings (SSSR count). The molecule has 2 heterocycles. The van der Waals surface area contributed by atoms with Gasteiger partial charge in [-0.25, -0.2) is 9.07 Å². The van der Waals surface area contributed by atoms with Crippen molar-refractivity contribution in [1.29, 1.82) is 0 Å². The first-order valence-electron chi connectivity index (χ1n) is 8.12. The summed E-state index contributed by atoms with van der Waals surface area (Å²) in [6.07, 6.45) is 0.381. The van der Waals surface area contributed by atoms with Crippen molar-refractivity contribution in [3.05, 3.63) is 65.1 Å². The Kier molecular flexibility index (Phi) is 3.64. The molecular formula is C20H17FN2O2. The highest BCUT2D eigenvalue weighted by Crippen LogP contribution is 2.31. The van der Waals surface area contributed by atoms with Gasteiger partial charge in [-0.1, -0.05) is 0 Å². The summed E-state index contributed by atoms with van der Waals surface area (Å²) in [5.74, 6) is 0.559. The maximum Gasteiger partial charge on any atom is 0.174 e. The third kappa shape index (κ3) is 2.82. The van der Waals surface area contributed by atoms with E-state index in [-0.39, 0.29) is 18.2 Å². The predicted molar refractivity (Wildman–Crippen MR) is 92.6 cm³/mol. The number of hydrogen-bond donors (Lipinski definition) is 0. The Bertz CT molecular complexity index is 991. The van der Waals surface area contributed by atoms with Crippen molar-refractivity contribution in [2.45, 2.75) is 20.3 Å². The lowest BCUT2D eigenvalue weighted by Crippen LogP contribution is -2.20. The summed E-state index contributed by atoms with van der Waals surface area (Å²) in [6.45, 7) is 3.92. The van der Waals surface area contributed by atoms with Crippen LogP contribution in [0.2, 0.25) is 0 Å². The van der Waals surface area contributed by atoms with Crippen molar-refractivity contribution < 1.29 is 13.9 Å². The van der Waals surface area contributed by atoms with E-state index in [1.807, 2.05) is 42.8 Å². The van der Waals surface area contributed by atoms with E-state index in [1.54, 1.807) is 6.07 Å². The van der Waals surface area contributed by atoms with Crippen LogP contribution in [0.4, 0.5) is 4.39 Å². The van der Waals surface area contributed by atoms with Crippen LogP contribution in [0.1, 0.15) is 16.8 Å². The number of nitrogens with zero attached hydrogens (tertiary/aromatic N) is 2. The molecule has 1 aliphatic heterocycles. The topological polar surface area (TPSA) is 44.1 Å². The van der Waals surface area contributed by atoms with Crippen LogP contribution in [-0.4, -0.2) is 22.2 Å². The van der Waals surface area contributed by atoms with Crippen LogP contribution in [-0.2, 0) is 11.2 Å². The minimum Gasteiger partial charge on any atom is -0.486 e. The zero-order valence-corrected chi connectivity index (χ0v) is 14.0. The number of hydrogen-bond acceptors (Lipinski definition) is 3. The second-order valence-electron chi connectivity index (χ2n) is 6.34. The molecule has 0 N–H and O–H groups in total. The van der Waals surface area contributed by atoms with Gasteiger partial charge >= 0.3 is 0 Å². The lowest BCUT2D eigenvalue weighted by Gasteiger charge is -2.17. The van der Waals surface area contributed by atoms with Crippen LogP contribution >= 0.6 is 0 Å². The average Bonchev–Trinajstić information content (AvgIpc) is 2.95. The number of ketones is 1. The maximum absolute atomic E-state index is 13.4. The molecule has 0 radical (unpaired) electrons. The van der Waals surface area contributed by atoms with Crippen LogP contribution in [0.25, 0.3) is 16.9 Å². The lowest BCUT2D eigenvalue weighted by molar-refractivity contribution is -0.121. The molecule has 2 aromatic carbocycles. The molecule has 0 atom stereocenters. The summed E-state index contributed by atoms with van der Waals surface area (Å²) in [5, 5.41) is 4.57. The molecule has 0 saturated carbocycles. The van der Waals surface area contributed by atoms with Gasteiger partial charge < -0.3 is 4.74 Å². The quantitative estimate of drug-likeness (QED) is 0.715. The monoisotopic (exact) mass is 336 g/mol. The van der Waals surface area contributed by atoms with E-state index in [0.29, 0.717) is 6.42 Å². The first-order valence-corrected chi connectivity index (χ1v) is 8.12. The van der Waals surface area contributed by atoms with E-state index < -0.39 is 0 Å². The van der Waals surface area contributed by atoms with Gasteiger partial charge in [-0.3, -0.25) is 4.79 Å². The molecule has 126 valence electrons. The molecule has 4 nitrogen and oxygen atoms in total. The summed E-state index contributed by atoms with van der Waals surface area (Å²) < 4.78 is 20.7. The Labute approximate surface area is 144 Å². The van der Waals surface area contributed by atoms with Gasteiger partial charge in [0.1, 0.15) is 18.2 Å². The first kappa shape index (κ1) is 15.6. The Morgan fingerprint density at radius 2 is 1.96 bits per heavy atom. The van der Waals surface area contributed by atoms with Gasteiger partial charge in [-0.15, -0.1) is 0 Å². The van der Waals surface area contributed by atoms with E-state index in [9.17, 15) is 9.18 Å². The second-order valence-corrected chi connectivity index (χ2v) is 6.34. The highest BCUT2D eigenvalue weighted by Gasteiger charge is 2.19. The number of carbonyl (C=O) groups excluding carboxylic acids is 1. The number of aryl methyl sites for hydroxylation is 2. The van der Waals surface area contributed by atoms with Crippen LogP contribution < -0.4 is 4.74 Å². The van der Waals surface area contributed by atoms with Crippen molar-refractivity contribution in [3.63, 3.8) is 0 Å². The minimum atomic E-state index is -0.267. The largest absolute Gasteiger partial charge is 0.486 e. The van der Waals surface area contributed by atoms with Gasteiger partial charge in [0, 0.05) is 17.5 Å². The van der Waals surface area contributed by atoms with Crippen LogP contribution in [0.3, 0.4) is 0 Å². The zero-order valence-electron chi connectivity index (χ0n) is 14.0. The molecule has 0 saturated heterocycles. The normalized spacial score (nSPS) is 13.5. The van der Waals surface area contributed by atoms with Gasteiger partial charge in [0.2, 0.25) is 0 Å². The number of halogens is 1. The summed E-state index contributed by atoms with van der Waals surface area (Å²) in [5.41, 5.74) is 5.23. The summed E-state index contributed by atoms with van der Waals surface area (Å²) in [7, 11) is 0. The second kappa shape index (κ2) is 5.84. The standard InChI is InChI=1S/C20H17FN2O2/c1-12-7-16(21)4-5-18(12)23-19(8-13(2)22-23)14-3-6-20-15(9-14)10-17(24)11-25-20/h3-9H,10-11H2,1-2H3. The molecule has 0 fully saturated rings. The van der Waals surface area contributed by atoms with Crippen molar-refractivity contribution in [2.24, 2.45) is 0 Å². The van der Waals surface area contributed by atoms with E-state index in [0.717, 1.165) is 39.5 Å². The summed E-state index contributed by atoms with van der Waals surface area (Å²) in [4.78, 5) is 11.7. The Morgan fingerprint density at radius 3 is 2.76 bits per heavy atom. The number of rotatable bonds is 2. The molecule has 3 aromatic rings. The third-order valence-electron chi connectivity index (χ3n) is 4.35. The molecule has 0 spiro atoms. The Balaban J connectivity index is 1.84. The Hall–Kier alpha value is -2.95. The average molecular weight is 336 g/mol. The summed E-state index contributed by atoms with van der Waals surface area (Å²) in [6, 6.07) is 12.5. The first-order chi connectivity index (χ1) is 12.0. The van der Waals surface area contributed by atoms with Crippen molar-refractivity contribution >= 4 is 5.78 Å². The zero-order chi connectivity index (χ0) is 17.6. The summed E-state index contributed by atoms with van der Waals surface area (Å²) >= 11 is 0. The SMILES string of the molecule is Cc1cc(-c2ccc3c(c2)CC(=O)CO3)n(-c2ccc(F)cc2C)n1. The van der Waals surface area contributed by atoms with Gasteiger partial charge in [0.25, 0.3) is 0 Å². The van der Waals surface area contributed by atoms with E-state index in [4.69, 9.17) is 4.74 Å². The molecule has 1 aliphatic rings. The Morgan fingerprint density at radius 1 is 1.12 bits per heavy atom. The van der Waals surface area contributed by atoms with Gasteiger partial charge in [-0.2, -0.15) is 5.10 Å². The van der Waals surface area contributed by atoms with E-state index in [2.05, 4.69) is 5.10 Å². The van der Waals surface area contributed by atoms with Gasteiger partial charge in [0.15, 0.2) is 5.78 Å². The van der Waals surface area contributed by atoms with Crippen molar-refractivity contribution in [2.75, 3.05) is 6.61 Å². The van der Waals surface area contributed by atoms with Crippen molar-refractivity contribution in [3.8, 4) is 22.7 Å². The third-order valence-corrected chi connectivity index (χ3v) is 4.35. The molecule has 25 heavy (non-hydrogen) atoms. The number of benzene rings is 2. The maximum atomic E-state index is 13.4. The number of fused-ring (bicyclic) bond motifs is 1. The van der Waals surface area contributed by atoms with E-state index >= 15 is 0 Å². The number of ether oxygens (including phenoxy) is 1. The van der Waals surface area contributed by atoms with Crippen molar-refractivity contribution in [1.82, 2.24) is 9.78 Å². The molecule has 5 heteroatoms. The predicted octanol–water partition coefficient (Wildman–Crippen LogP) is 3.80. The highest BCUT2D eigenvalue weighted by molar-refractivity contribution is 5.85. The highest BCUT2D eigenvalue weighted by atomic mass is 19.1. The molecule has 0 aliphatic carbocycles. The van der Waals surface area contributed by atoms with E-state index in [1.165, 1.54) is 12.1 Å². The lowest BCUT2D eigenvalue weighted by atomic mass is 10.0. The fourth-order valence-electron chi connectivity index (χ4n) is 3.18. The number of carbonyl (C=O) groups is 1. The van der Waals surface area contributed by atoms with Crippen LogP contribution in [0.15, 0.2) is 42.5 Å². The molecule has 0 unspecified atom stereocenters. The fourth-order valence-corrected chi connectivity index (χ4v) is 3.18. The minimum absolute atomic E-state index is 0.0729. The molecular weight excluding hydrogens is 319 g/mol. The van der Waals surface area contributed by atoms with Crippen LogP contribution in [0, 0.1) is 19.7 Å². The fraction of sp³-hybridized carbons (Fsp3) is 0.200. The molecule has 0 bridgehead atoms. The number of aromatic nitrogens is 2. The molecule has 1 aromatic heterocycles. The van der Waals surface area contributed by atoms with Gasteiger partial charge in [0.05, 0.1) is 17.1 Å². The van der Waals surface area contributed by atoms with Crippen LogP contribution in [0.5, 0.6) is 5.75 Å². The number of Topliss-reactive ketones (excluding diaryl/α,β-unsaturated/α-hetero) is 1.